The number of urea groups is 1. The van der Waals surface area contributed by atoms with Crippen LogP contribution < -0.4 is 5.32 Å². The number of imide groups is 1. The van der Waals surface area contributed by atoms with Gasteiger partial charge in [0.25, 0.3) is 5.24 Å². The maximum Gasteiger partial charge on any atom is 0.317 e. The molecule has 4 amide bonds. The highest BCUT2D eigenvalue weighted by Crippen LogP contribution is 2.27. The van der Waals surface area contributed by atoms with Gasteiger partial charge in [-0.05, 0) is 25.7 Å². The summed E-state index contributed by atoms with van der Waals surface area (Å²) < 4.78 is 0. The van der Waals surface area contributed by atoms with Gasteiger partial charge in [-0.1, -0.05) is 24.6 Å². The average Bonchev–Trinajstić information content (AvgIpc) is 3.09. The summed E-state index contributed by atoms with van der Waals surface area (Å²) in [7, 11) is 0. The molecule has 2 heterocycles. The van der Waals surface area contributed by atoms with Gasteiger partial charge in [-0.3, -0.25) is 14.5 Å². The fraction of sp³-hybridized carbons (Fsp3) is 0.786. The van der Waals surface area contributed by atoms with Crippen molar-refractivity contribution in [3.05, 3.63) is 0 Å². The van der Waals surface area contributed by atoms with Crippen molar-refractivity contribution in [3.8, 4) is 0 Å². The van der Waals surface area contributed by atoms with Gasteiger partial charge in [0.2, 0.25) is 5.91 Å². The zero-order valence-electron chi connectivity index (χ0n) is 12.0. The Morgan fingerprint density at radius 3 is 2.33 bits per heavy atom. The molecular weight excluding hydrogens is 290 g/mol. The van der Waals surface area contributed by atoms with Gasteiger partial charge in [0, 0.05) is 25.2 Å². The molecule has 3 rings (SSSR count). The Balaban J connectivity index is 1.49. The lowest BCUT2D eigenvalue weighted by molar-refractivity contribution is -0.126. The van der Waals surface area contributed by atoms with E-state index in [1.807, 2.05) is 4.90 Å². The van der Waals surface area contributed by atoms with Crippen molar-refractivity contribution in [1.29, 1.82) is 0 Å². The molecule has 1 saturated carbocycles. The lowest BCUT2D eigenvalue weighted by Gasteiger charge is -2.35. The quantitative estimate of drug-likeness (QED) is 0.844. The second-order valence-corrected chi connectivity index (χ2v) is 6.89. The van der Waals surface area contributed by atoms with Crippen molar-refractivity contribution in [2.24, 2.45) is 0 Å². The molecule has 2 aliphatic heterocycles. The van der Waals surface area contributed by atoms with E-state index >= 15 is 0 Å². The second-order valence-electron chi connectivity index (χ2n) is 5.97. The summed E-state index contributed by atoms with van der Waals surface area (Å²) in [6, 6.07) is 0.303. The number of nitrogens with one attached hydrogen (secondary N) is 1. The molecule has 7 heteroatoms. The molecule has 3 fully saturated rings. The smallest absolute Gasteiger partial charge is 0.317 e. The third kappa shape index (κ3) is 3.17. The number of rotatable bonds is 2. The highest BCUT2D eigenvalue weighted by molar-refractivity contribution is 8.14. The molecule has 0 bridgehead atoms. The maximum absolute atomic E-state index is 12.2. The molecule has 6 nitrogen and oxygen atoms in total. The third-order valence-corrected chi connectivity index (χ3v) is 5.42. The van der Waals surface area contributed by atoms with Crippen LogP contribution in [0.25, 0.3) is 0 Å². The molecule has 3 aliphatic rings. The molecule has 2 saturated heterocycles. The van der Waals surface area contributed by atoms with Gasteiger partial charge >= 0.3 is 6.03 Å². The molecule has 1 N–H and O–H groups in total. The van der Waals surface area contributed by atoms with Gasteiger partial charge in [-0.2, -0.15) is 0 Å². The Morgan fingerprint density at radius 1 is 1.10 bits per heavy atom. The molecule has 0 spiro atoms. The van der Waals surface area contributed by atoms with Crippen LogP contribution in [0.2, 0.25) is 0 Å². The van der Waals surface area contributed by atoms with Gasteiger partial charge < -0.3 is 10.2 Å². The number of nitrogens with zero attached hydrogens (tertiary/aromatic N) is 2. The Kier molecular flexibility index (Phi) is 4.37. The molecule has 21 heavy (non-hydrogen) atoms. The lowest BCUT2D eigenvalue weighted by atomic mass is 10.0. The van der Waals surface area contributed by atoms with E-state index < -0.39 is 0 Å². The van der Waals surface area contributed by atoms with Crippen molar-refractivity contribution in [2.75, 3.05) is 18.8 Å². The molecule has 116 valence electrons. The largest absolute Gasteiger partial charge is 0.335 e. The fourth-order valence-corrected chi connectivity index (χ4v) is 4.16. The number of hydrogen-bond acceptors (Lipinski definition) is 4. The third-order valence-electron chi connectivity index (χ3n) is 4.58. The molecule has 1 aliphatic carbocycles. The summed E-state index contributed by atoms with van der Waals surface area (Å²) in [4.78, 5) is 38.8. The molecular formula is C14H21N3O3S. The van der Waals surface area contributed by atoms with Crippen molar-refractivity contribution >= 4 is 28.9 Å². The number of hydrogen-bond donors (Lipinski definition) is 1. The SMILES string of the molecule is O=C(NC1CCCC1)N1CCC(N2C(=O)CSC2=O)CC1. The fourth-order valence-electron chi connectivity index (χ4n) is 3.38. The molecule has 0 aromatic carbocycles. The van der Waals surface area contributed by atoms with Crippen LogP contribution in [0.5, 0.6) is 0 Å². The van der Waals surface area contributed by atoms with E-state index in [2.05, 4.69) is 5.32 Å². The van der Waals surface area contributed by atoms with Crippen LogP contribution in [0, 0.1) is 0 Å². The number of amides is 4. The van der Waals surface area contributed by atoms with Gasteiger partial charge in [-0.15, -0.1) is 0 Å². The first-order chi connectivity index (χ1) is 10.1. The van der Waals surface area contributed by atoms with Gasteiger partial charge in [0.1, 0.15) is 0 Å². The van der Waals surface area contributed by atoms with Crippen LogP contribution in [0.1, 0.15) is 38.5 Å². The van der Waals surface area contributed by atoms with E-state index in [0.717, 1.165) is 24.6 Å². The van der Waals surface area contributed by atoms with E-state index in [4.69, 9.17) is 0 Å². The maximum atomic E-state index is 12.2. The zero-order chi connectivity index (χ0) is 14.8. The monoisotopic (exact) mass is 311 g/mol. The first-order valence-electron chi connectivity index (χ1n) is 7.69. The highest BCUT2D eigenvalue weighted by atomic mass is 32.2. The van der Waals surface area contributed by atoms with E-state index in [1.54, 1.807) is 0 Å². The first-order valence-corrected chi connectivity index (χ1v) is 8.68. The Bertz CT molecular complexity index is 427. The number of carbonyl (C=O) groups excluding carboxylic acids is 3. The predicted octanol–water partition coefficient (Wildman–Crippen LogP) is 1.80. The standard InChI is InChI=1S/C14H21N3O3S/c18-12-9-21-14(20)17(12)11-5-7-16(8-6-11)13(19)15-10-3-1-2-4-10/h10-11H,1-9H2,(H,15,19). The van der Waals surface area contributed by atoms with Crippen LogP contribution in [-0.4, -0.2) is 57.9 Å². The van der Waals surface area contributed by atoms with E-state index in [-0.39, 0.29) is 29.0 Å². The molecule has 0 aromatic heterocycles. The van der Waals surface area contributed by atoms with Crippen LogP contribution in [0.4, 0.5) is 9.59 Å². The van der Waals surface area contributed by atoms with Gasteiger partial charge in [0.05, 0.1) is 5.75 Å². The normalized spacial score (nSPS) is 25.0. The number of carbonyl (C=O) groups is 3. The summed E-state index contributed by atoms with van der Waals surface area (Å²) >= 11 is 1.08. The van der Waals surface area contributed by atoms with Crippen LogP contribution >= 0.6 is 11.8 Å². The zero-order valence-corrected chi connectivity index (χ0v) is 12.9. The summed E-state index contributed by atoms with van der Waals surface area (Å²) in [5.41, 5.74) is 0. The minimum Gasteiger partial charge on any atom is -0.335 e. The topological polar surface area (TPSA) is 69.7 Å². The van der Waals surface area contributed by atoms with E-state index in [0.29, 0.717) is 32.0 Å². The summed E-state index contributed by atoms with van der Waals surface area (Å²) in [5, 5.41) is 2.96. The van der Waals surface area contributed by atoms with Crippen LogP contribution in [-0.2, 0) is 4.79 Å². The second kappa shape index (κ2) is 6.25. The van der Waals surface area contributed by atoms with Crippen molar-refractivity contribution in [3.63, 3.8) is 0 Å². The van der Waals surface area contributed by atoms with Gasteiger partial charge in [-0.25, -0.2) is 4.79 Å². The predicted molar refractivity (Wildman–Crippen MR) is 80.1 cm³/mol. The Morgan fingerprint density at radius 2 is 1.76 bits per heavy atom. The highest BCUT2D eigenvalue weighted by Gasteiger charge is 2.38. The van der Waals surface area contributed by atoms with Gasteiger partial charge in [0.15, 0.2) is 0 Å². The molecule has 0 radical (unpaired) electrons. The summed E-state index contributed by atoms with van der Waals surface area (Å²) in [6.45, 7) is 1.23. The van der Waals surface area contributed by atoms with Crippen LogP contribution in [0.15, 0.2) is 0 Å². The van der Waals surface area contributed by atoms with Crippen LogP contribution in [0.3, 0.4) is 0 Å². The van der Waals surface area contributed by atoms with Crippen molar-refractivity contribution in [1.82, 2.24) is 15.1 Å². The minimum atomic E-state index is -0.131. The average molecular weight is 311 g/mol. The first kappa shape index (κ1) is 14.7. The molecule has 0 unspecified atom stereocenters. The van der Waals surface area contributed by atoms with E-state index in [9.17, 15) is 14.4 Å². The summed E-state index contributed by atoms with van der Waals surface area (Å²) in [6.07, 6.45) is 5.94. The lowest BCUT2D eigenvalue weighted by Crippen LogP contribution is -2.51. The summed E-state index contributed by atoms with van der Waals surface area (Å²) in [5.74, 6) is 0.181. The Labute approximate surface area is 128 Å². The number of thioether (sulfide) groups is 1. The van der Waals surface area contributed by atoms with E-state index in [1.165, 1.54) is 17.7 Å². The molecule has 0 aromatic rings. The van der Waals surface area contributed by atoms with Crippen molar-refractivity contribution in [2.45, 2.75) is 50.6 Å². The minimum absolute atomic E-state index is 0.00815. The molecule has 0 atom stereocenters. The number of piperidine rings is 1. The van der Waals surface area contributed by atoms with Crippen molar-refractivity contribution < 1.29 is 14.4 Å². The Hall–Kier alpha value is -1.24. The number of likely N-dealkylation sites (tertiary alicyclic amines) is 1.